The van der Waals surface area contributed by atoms with Gasteiger partial charge in [0, 0.05) is 11.6 Å². The summed E-state index contributed by atoms with van der Waals surface area (Å²) in [6.07, 6.45) is -0.941. The fraction of sp³-hybridized carbons (Fsp3) is 0.138. The summed E-state index contributed by atoms with van der Waals surface area (Å²) in [5, 5.41) is 17.6. The van der Waals surface area contributed by atoms with Crippen molar-refractivity contribution in [3.63, 3.8) is 0 Å². The zero-order valence-corrected chi connectivity index (χ0v) is 18.4. The van der Waals surface area contributed by atoms with Crippen LogP contribution in [0.5, 0.6) is 0 Å². The Labute approximate surface area is 198 Å². The van der Waals surface area contributed by atoms with Crippen LogP contribution in [-0.4, -0.2) is 17.1 Å². The first-order chi connectivity index (χ1) is 16.6. The van der Waals surface area contributed by atoms with E-state index in [4.69, 9.17) is 0 Å². The predicted molar refractivity (Wildman–Crippen MR) is 131 cm³/mol. The smallest absolute Gasteiger partial charge is 0.244 e. The molecule has 4 aromatic rings. The molecule has 0 bridgehead atoms. The van der Waals surface area contributed by atoms with Gasteiger partial charge < -0.3 is 15.7 Å². The molecule has 4 atom stereocenters. The number of amides is 1. The number of rotatable bonds is 6. The normalized spacial score (nSPS) is 18.4. The third kappa shape index (κ3) is 4.30. The molecule has 0 radical (unpaired) electrons. The molecule has 3 N–H and O–H groups in total. The maximum absolute atomic E-state index is 14.1. The lowest BCUT2D eigenvalue weighted by Crippen LogP contribution is -2.44. The van der Waals surface area contributed by atoms with E-state index in [1.165, 1.54) is 12.1 Å². The third-order valence-corrected chi connectivity index (χ3v) is 6.35. The number of aliphatic hydroxyl groups excluding tert-OH is 1. The van der Waals surface area contributed by atoms with Gasteiger partial charge in [0.2, 0.25) is 5.91 Å². The second-order valence-electron chi connectivity index (χ2n) is 8.49. The largest absolute Gasteiger partial charge is 0.386 e. The van der Waals surface area contributed by atoms with Gasteiger partial charge in [-0.2, -0.15) is 0 Å². The summed E-state index contributed by atoms with van der Waals surface area (Å²) >= 11 is 0. The molecule has 34 heavy (non-hydrogen) atoms. The lowest BCUT2D eigenvalue weighted by atomic mass is 9.87. The van der Waals surface area contributed by atoms with Crippen molar-refractivity contribution >= 4 is 11.6 Å². The van der Waals surface area contributed by atoms with Gasteiger partial charge in [-0.15, -0.1) is 0 Å². The molecule has 5 rings (SSSR count). The predicted octanol–water partition coefficient (Wildman–Crippen LogP) is 5.34. The maximum Gasteiger partial charge on any atom is 0.244 e. The van der Waals surface area contributed by atoms with Crippen LogP contribution < -0.4 is 10.6 Å². The van der Waals surface area contributed by atoms with Gasteiger partial charge in [0.1, 0.15) is 18.0 Å². The summed E-state index contributed by atoms with van der Waals surface area (Å²) in [5.41, 5.74) is 3.90. The molecular formula is C29H25FN2O2. The molecule has 0 saturated carbocycles. The van der Waals surface area contributed by atoms with Crippen molar-refractivity contribution in [1.82, 2.24) is 5.32 Å². The van der Waals surface area contributed by atoms with Crippen molar-refractivity contribution in [2.45, 2.75) is 24.1 Å². The van der Waals surface area contributed by atoms with Crippen molar-refractivity contribution in [3.05, 3.63) is 137 Å². The summed E-state index contributed by atoms with van der Waals surface area (Å²) < 4.78 is 14.1. The number of aliphatic hydroxyl groups is 1. The summed E-state index contributed by atoms with van der Waals surface area (Å²) in [6, 6.07) is 31.6. The molecule has 0 spiro atoms. The quantitative estimate of drug-likeness (QED) is 0.370. The van der Waals surface area contributed by atoms with Gasteiger partial charge in [0.15, 0.2) is 0 Å². The van der Waals surface area contributed by atoms with Crippen molar-refractivity contribution < 1.29 is 14.3 Å². The van der Waals surface area contributed by atoms with Crippen LogP contribution in [-0.2, 0) is 4.79 Å². The van der Waals surface area contributed by atoms with E-state index in [1.807, 2.05) is 91.0 Å². The van der Waals surface area contributed by atoms with Crippen LogP contribution in [0.3, 0.4) is 0 Å². The lowest BCUT2D eigenvalue weighted by molar-refractivity contribution is -0.123. The minimum Gasteiger partial charge on any atom is -0.386 e. The first-order valence-corrected chi connectivity index (χ1v) is 11.3. The molecular weight excluding hydrogens is 427 g/mol. The zero-order chi connectivity index (χ0) is 23.5. The van der Waals surface area contributed by atoms with Crippen molar-refractivity contribution in [2.75, 3.05) is 5.32 Å². The Morgan fingerprint density at radius 3 is 2.06 bits per heavy atom. The topological polar surface area (TPSA) is 61.4 Å². The second-order valence-corrected chi connectivity index (χ2v) is 8.49. The molecule has 1 aliphatic heterocycles. The number of hydrogen-bond donors (Lipinski definition) is 3. The third-order valence-electron chi connectivity index (χ3n) is 6.35. The Morgan fingerprint density at radius 2 is 1.41 bits per heavy atom. The number of carbonyl (C=O) groups is 1. The monoisotopic (exact) mass is 452 g/mol. The number of hydrogen-bond acceptors (Lipinski definition) is 3. The van der Waals surface area contributed by atoms with Gasteiger partial charge in [-0.25, -0.2) is 4.39 Å². The highest BCUT2D eigenvalue weighted by atomic mass is 19.1. The van der Waals surface area contributed by atoms with Crippen LogP contribution in [0.15, 0.2) is 109 Å². The Kier molecular flexibility index (Phi) is 6.11. The van der Waals surface area contributed by atoms with Crippen LogP contribution >= 0.6 is 0 Å². The molecule has 0 aliphatic carbocycles. The van der Waals surface area contributed by atoms with Crippen LogP contribution in [0.25, 0.3) is 0 Å². The van der Waals surface area contributed by atoms with Gasteiger partial charge >= 0.3 is 0 Å². The highest BCUT2D eigenvalue weighted by Crippen LogP contribution is 2.41. The van der Waals surface area contributed by atoms with Crippen molar-refractivity contribution in [3.8, 4) is 0 Å². The minimum absolute atomic E-state index is 0.269. The molecule has 170 valence electrons. The molecule has 1 heterocycles. The number of benzene rings is 4. The Hall–Kier alpha value is -3.96. The number of carbonyl (C=O) groups excluding carboxylic acids is 1. The van der Waals surface area contributed by atoms with E-state index >= 15 is 0 Å². The van der Waals surface area contributed by atoms with Crippen LogP contribution in [0.1, 0.15) is 40.3 Å². The standard InChI is InChI=1S/C29H25FN2O2/c30-22-16-17-24-23(18-22)25(19-10-4-1-5-11-19)27(31-24)29(34)32-26(20-12-6-2-7-13-20)28(33)21-14-8-3-9-15-21/h1-18,25-28,31,33H,(H,32,34). The van der Waals surface area contributed by atoms with E-state index in [0.717, 1.165) is 22.4 Å². The van der Waals surface area contributed by atoms with Gasteiger partial charge in [0.05, 0.1) is 6.04 Å². The molecule has 1 aliphatic rings. The fourth-order valence-electron chi connectivity index (χ4n) is 4.69. The molecule has 5 heteroatoms. The molecule has 4 aromatic carbocycles. The number of halogens is 1. The summed E-state index contributed by atoms with van der Waals surface area (Å²) in [5.74, 6) is -0.976. The van der Waals surface area contributed by atoms with Crippen molar-refractivity contribution in [2.24, 2.45) is 0 Å². The first kappa shape index (κ1) is 21.9. The van der Waals surface area contributed by atoms with Crippen LogP contribution in [0.2, 0.25) is 0 Å². The van der Waals surface area contributed by atoms with E-state index in [9.17, 15) is 14.3 Å². The Balaban J connectivity index is 1.49. The molecule has 0 aromatic heterocycles. The molecule has 4 nitrogen and oxygen atoms in total. The average Bonchev–Trinajstić information content (AvgIpc) is 3.27. The number of anilines is 1. The highest BCUT2D eigenvalue weighted by Gasteiger charge is 2.39. The highest BCUT2D eigenvalue weighted by molar-refractivity contribution is 5.90. The zero-order valence-electron chi connectivity index (χ0n) is 18.4. The second kappa shape index (κ2) is 9.49. The van der Waals surface area contributed by atoms with Crippen molar-refractivity contribution in [1.29, 1.82) is 0 Å². The Bertz CT molecular complexity index is 1270. The minimum atomic E-state index is -0.941. The van der Waals surface area contributed by atoms with E-state index < -0.39 is 18.2 Å². The SMILES string of the molecule is O=C(NC(c1ccccc1)C(O)c1ccccc1)C1Nc2ccc(F)cc2C1c1ccccc1. The molecule has 0 fully saturated rings. The van der Waals surface area contributed by atoms with Crippen LogP contribution in [0, 0.1) is 5.82 Å². The van der Waals surface area contributed by atoms with Gasteiger partial charge in [-0.1, -0.05) is 91.0 Å². The number of nitrogens with one attached hydrogen (secondary N) is 2. The molecule has 0 saturated heterocycles. The van der Waals surface area contributed by atoms with E-state index in [2.05, 4.69) is 10.6 Å². The van der Waals surface area contributed by atoms with Gasteiger partial charge in [0.25, 0.3) is 0 Å². The molecule has 1 amide bonds. The Morgan fingerprint density at radius 1 is 0.824 bits per heavy atom. The summed E-state index contributed by atoms with van der Waals surface area (Å²) in [4.78, 5) is 13.7. The average molecular weight is 453 g/mol. The fourth-order valence-corrected chi connectivity index (χ4v) is 4.69. The first-order valence-electron chi connectivity index (χ1n) is 11.3. The maximum atomic E-state index is 14.1. The molecule has 4 unspecified atom stereocenters. The summed E-state index contributed by atoms with van der Waals surface area (Å²) in [7, 11) is 0. The van der Waals surface area contributed by atoms with E-state index in [-0.39, 0.29) is 17.6 Å². The number of fused-ring (bicyclic) bond motifs is 1. The summed E-state index contributed by atoms with van der Waals surface area (Å²) in [6.45, 7) is 0. The lowest BCUT2D eigenvalue weighted by Gasteiger charge is -2.28. The van der Waals surface area contributed by atoms with Crippen LogP contribution in [0.4, 0.5) is 10.1 Å². The van der Waals surface area contributed by atoms with Gasteiger partial charge in [-0.05, 0) is 40.5 Å². The van der Waals surface area contributed by atoms with E-state index in [0.29, 0.717) is 5.56 Å². The van der Waals surface area contributed by atoms with Gasteiger partial charge in [-0.3, -0.25) is 4.79 Å². The van der Waals surface area contributed by atoms with E-state index in [1.54, 1.807) is 6.07 Å².